The lowest BCUT2D eigenvalue weighted by Gasteiger charge is -2.20. The molecule has 1 unspecified atom stereocenters. The predicted octanol–water partition coefficient (Wildman–Crippen LogP) is -0.104. The number of aromatic nitrogens is 4. The van der Waals surface area contributed by atoms with Gasteiger partial charge in [-0.2, -0.15) is 15.1 Å². The lowest BCUT2D eigenvalue weighted by Crippen LogP contribution is -2.30. The molecule has 7 nitrogen and oxygen atoms in total. The highest BCUT2D eigenvalue weighted by Crippen LogP contribution is 2.29. The Bertz CT molecular complexity index is 563. The maximum atomic E-state index is 9.98. The number of nitrogen functional groups attached to an aromatic ring is 1. The standard InChI is InChI=1S/C10H14N6O/c1-10(17)2-3-16(5-10)8-6-4-12-15-7(6)13-9(11)14-8/h4,17H,2-3,5H2,1H3,(H3,11,12,13,14,15). The van der Waals surface area contributed by atoms with Crippen molar-refractivity contribution in [3.63, 3.8) is 0 Å². The molecule has 3 rings (SSSR count). The number of hydrogen-bond donors (Lipinski definition) is 3. The van der Waals surface area contributed by atoms with E-state index in [1.807, 2.05) is 11.8 Å². The fraction of sp³-hybridized carbons (Fsp3) is 0.500. The molecule has 90 valence electrons. The second-order valence-corrected chi connectivity index (χ2v) is 4.71. The van der Waals surface area contributed by atoms with E-state index in [0.717, 1.165) is 24.2 Å². The molecule has 0 aliphatic carbocycles. The summed E-state index contributed by atoms with van der Waals surface area (Å²) in [7, 11) is 0. The van der Waals surface area contributed by atoms with Crippen molar-refractivity contribution in [2.24, 2.45) is 0 Å². The van der Waals surface area contributed by atoms with Gasteiger partial charge in [0.15, 0.2) is 5.65 Å². The summed E-state index contributed by atoms with van der Waals surface area (Å²) in [5.74, 6) is 0.947. The first kappa shape index (κ1) is 10.3. The number of nitrogens with one attached hydrogen (secondary N) is 1. The fourth-order valence-corrected chi connectivity index (χ4v) is 2.20. The van der Waals surface area contributed by atoms with Gasteiger partial charge in [-0.25, -0.2) is 0 Å². The molecule has 0 radical (unpaired) electrons. The first-order valence-electron chi connectivity index (χ1n) is 5.49. The average molecular weight is 234 g/mol. The molecule has 4 N–H and O–H groups in total. The van der Waals surface area contributed by atoms with Gasteiger partial charge < -0.3 is 15.7 Å². The molecule has 1 saturated heterocycles. The van der Waals surface area contributed by atoms with Gasteiger partial charge in [-0.05, 0) is 13.3 Å². The van der Waals surface area contributed by atoms with Crippen molar-refractivity contribution in [3.05, 3.63) is 6.20 Å². The number of hydrogen-bond acceptors (Lipinski definition) is 6. The van der Waals surface area contributed by atoms with Crippen LogP contribution in [0.4, 0.5) is 11.8 Å². The van der Waals surface area contributed by atoms with E-state index in [0.29, 0.717) is 12.2 Å². The number of rotatable bonds is 1. The summed E-state index contributed by atoms with van der Waals surface area (Å²) in [4.78, 5) is 10.3. The van der Waals surface area contributed by atoms with E-state index < -0.39 is 5.60 Å². The molecular formula is C10H14N6O. The van der Waals surface area contributed by atoms with Crippen LogP contribution in [0.15, 0.2) is 6.20 Å². The van der Waals surface area contributed by atoms with Gasteiger partial charge in [0.2, 0.25) is 5.95 Å². The van der Waals surface area contributed by atoms with Gasteiger partial charge in [0, 0.05) is 13.1 Å². The smallest absolute Gasteiger partial charge is 0.224 e. The highest BCUT2D eigenvalue weighted by Gasteiger charge is 2.33. The quantitative estimate of drug-likeness (QED) is 0.636. The maximum absolute atomic E-state index is 9.98. The summed E-state index contributed by atoms with van der Waals surface area (Å²) in [5.41, 5.74) is 5.61. The summed E-state index contributed by atoms with van der Waals surface area (Å²) in [6.07, 6.45) is 2.40. The number of fused-ring (bicyclic) bond motifs is 1. The van der Waals surface area contributed by atoms with E-state index >= 15 is 0 Å². The number of nitrogens with zero attached hydrogens (tertiary/aromatic N) is 4. The molecule has 0 spiro atoms. The van der Waals surface area contributed by atoms with Crippen molar-refractivity contribution < 1.29 is 5.11 Å². The minimum Gasteiger partial charge on any atom is -0.388 e. The van der Waals surface area contributed by atoms with E-state index in [-0.39, 0.29) is 5.95 Å². The SMILES string of the molecule is CC1(O)CCN(c2nc(N)nc3[nH]ncc23)C1. The Morgan fingerprint density at radius 3 is 3.06 bits per heavy atom. The molecule has 1 aliphatic rings. The van der Waals surface area contributed by atoms with Gasteiger partial charge in [0.05, 0.1) is 17.2 Å². The van der Waals surface area contributed by atoms with Gasteiger partial charge in [-0.1, -0.05) is 0 Å². The largest absolute Gasteiger partial charge is 0.388 e. The molecule has 0 bridgehead atoms. The minimum atomic E-state index is -0.671. The average Bonchev–Trinajstić information content (AvgIpc) is 2.82. The second kappa shape index (κ2) is 3.30. The van der Waals surface area contributed by atoms with Crippen LogP contribution in [-0.4, -0.2) is 44.0 Å². The summed E-state index contributed by atoms with van der Waals surface area (Å²) in [5, 5.41) is 17.5. The van der Waals surface area contributed by atoms with E-state index in [2.05, 4.69) is 20.2 Å². The Morgan fingerprint density at radius 2 is 2.35 bits per heavy atom. The lowest BCUT2D eigenvalue weighted by molar-refractivity contribution is 0.0839. The first-order valence-corrected chi connectivity index (χ1v) is 5.49. The Labute approximate surface area is 97.7 Å². The van der Waals surface area contributed by atoms with Gasteiger partial charge >= 0.3 is 0 Å². The fourth-order valence-electron chi connectivity index (χ4n) is 2.20. The molecule has 1 fully saturated rings. The Balaban J connectivity index is 2.08. The van der Waals surface area contributed by atoms with Crippen molar-refractivity contribution in [2.75, 3.05) is 23.7 Å². The molecule has 2 aromatic heterocycles. The monoisotopic (exact) mass is 234 g/mol. The topological polar surface area (TPSA) is 104 Å². The number of aliphatic hydroxyl groups is 1. The highest BCUT2D eigenvalue weighted by atomic mass is 16.3. The van der Waals surface area contributed by atoms with Crippen molar-refractivity contribution in [3.8, 4) is 0 Å². The van der Waals surface area contributed by atoms with E-state index in [9.17, 15) is 5.11 Å². The van der Waals surface area contributed by atoms with Gasteiger partial charge in [-0.3, -0.25) is 5.10 Å². The zero-order chi connectivity index (χ0) is 12.0. The molecule has 0 aromatic carbocycles. The van der Waals surface area contributed by atoms with Crippen LogP contribution >= 0.6 is 0 Å². The van der Waals surface area contributed by atoms with Crippen LogP contribution < -0.4 is 10.6 Å². The molecule has 1 aliphatic heterocycles. The Kier molecular flexibility index (Phi) is 1.99. The summed E-state index contributed by atoms with van der Waals surface area (Å²) < 4.78 is 0. The molecular weight excluding hydrogens is 220 g/mol. The number of nitrogens with two attached hydrogens (primary N) is 1. The predicted molar refractivity (Wildman–Crippen MR) is 63.5 cm³/mol. The highest BCUT2D eigenvalue weighted by molar-refractivity contribution is 5.87. The normalized spacial score (nSPS) is 24.7. The molecule has 1 atom stereocenters. The van der Waals surface area contributed by atoms with Crippen molar-refractivity contribution in [2.45, 2.75) is 18.9 Å². The third kappa shape index (κ3) is 1.68. The van der Waals surface area contributed by atoms with Crippen LogP contribution in [0.25, 0.3) is 11.0 Å². The van der Waals surface area contributed by atoms with Gasteiger partial charge in [0.25, 0.3) is 0 Å². The second-order valence-electron chi connectivity index (χ2n) is 4.71. The van der Waals surface area contributed by atoms with Crippen LogP contribution in [0.5, 0.6) is 0 Å². The van der Waals surface area contributed by atoms with Crippen molar-refractivity contribution in [1.29, 1.82) is 0 Å². The van der Waals surface area contributed by atoms with Crippen LogP contribution in [0.2, 0.25) is 0 Å². The molecule has 17 heavy (non-hydrogen) atoms. The summed E-state index contributed by atoms with van der Waals surface area (Å²) in [6, 6.07) is 0. The number of H-pyrrole nitrogens is 1. The molecule has 7 heteroatoms. The maximum Gasteiger partial charge on any atom is 0.224 e. The first-order chi connectivity index (χ1) is 8.05. The molecule has 0 saturated carbocycles. The number of anilines is 2. The Hall–Kier alpha value is -1.89. The molecule has 2 aromatic rings. The van der Waals surface area contributed by atoms with Crippen LogP contribution in [0.1, 0.15) is 13.3 Å². The van der Waals surface area contributed by atoms with Gasteiger partial charge in [0.1, 0.15) is 5.82 Å². The van der Waals surface area contributed by atoms with Gasteiger partial charge in [-0.15, -0.1) is 0 Å². The minimum absolute atomic E-state index is 0.211. The Morgan fingerprint density at radius 1 is 1.53 bits per heavy atom. The zero-order valence-corrected chi connectivity index (χ0v) is 9.51. The molecule has 3 heterocycles. The van der Waals surface area contributed by atoms with Crippen LogP contribution in [-0.2, 0) is 0 Å². The zero-order valence-electron chi connectivity index (χ0n) is 9.51. The lowest BCUT2D eigenvalue weighted by atomic mass is 10.1. The van der Waals surface area contributed by atoms with E-state index in [1.165, 1.54) is 0 Å². The van der Waals surface area contributed by atoms with E-state index in [4.69, 9.17) is 5.73 Å². The number of aromatic amines is 1. The molecule has 0 amide bonds. The van der Waals surface area contributed by atoms with Crippen molar-refractivity contribution in [1.82, 2.24) is 20.2 Å². The number of β-amino-alcohol motifs (C(OH)–C–C–N with tert-alkyl or cyclic N) is 1. The van der Waals surface area contributed by atoms with Crippen LogP contribution in [0.3, 0.4) is 0 Å². The van der Waals surface area contributed by atoms with E-state index in [1.54, 1.807) is 6.20 Å². The summed E-state index contributed by atoms with van der Waals surface area (Å²) >= 11 is 0. The van der Waals surface area contributed by atoms with Crippen molar-refractivity contribution >= 4 is 22.8 Å². The third-order valence-electron chi connectivity index (χ3n) is 3.06. The third-order valence-corrected chi connectivity index (χ3v) is 3.06. The van der Waals surface area contributed by atoms with Crippen LogP contribution in [0, 0.1) is 0 Å². The summed E-state index contributed by atoms with van der Waals surface area (Å²) in [6.45, 7) is 3.12.